The predicted octanol–water partition coefficient (Wildman–Crippen LogP) is 7.30. The largest absolute Gasteiger partial charge is 0.417 e. The fourth-order valence-electron chi connectivity index (χ4n) is 2.93. The van der Waals surface area contributed by atoms with Crippen LogP contribution >= 0.6 is 34.8 Å². The first kappa shape index (κ1) is 26.8. The van der Waals surface area contributed by atoms with Crippen molar-refractivity contribution < 1.29 is 35.5 Å². The lowest BCUT2D eigenvalue weighted by Crippen LogP contribution is -2.26. The summed E-state index contributed by atoms with van der Waals surface area (Å²) in [7, 11) is 0. The zero-order valence-electron chi connectivity index (χ0n) is 16.7. The van der Waals surface area contributed by atoms with Crippen LogP contribution in [0.5, 0.6) is 0 Å². The van der Waals surface area contributed by atoms with Crippen LogP contribution in [0, 0.1) is 0 Å². The summed E-state index contributed by atoms with van der Waals surface area (Å²) in [6, 6.07) is 3.20. The van der Waals surface area contributed by atoms with Crippen molar-refractivity contribution in [3.05, 3.63) is 86.1 Å². The number of alkyl halides is 6. The van der Waals surface area contributed by atoms with Gasteiger partial charge in [0, 0.05) is 5.56 Å². The van der Waals surface area contributed by atoms with E-state index in [4.69, 9.17) is 34.8 Å². The third kappa shape index (κ3) is 6.24. The number of carbonyl (C=O) groups is 1. The van der Waals surface area contributed by atoms with Crippen LogP contribution in [0.1, 0.15) is 33.0 Å². The lowest BCUT2D eigenvalue weighted by molar-refractivity contribution is -0.140. The summed E-state index contributed by atoms with van der Waals surface area (Å²) in [6.07, 6.45) is -7.87. The quantitative estimate of drug-likeness (QED) is 0.263. The maximum atomic E-state index is 14.9. The second-order valence-electron chi connectivity index (χ2n) is 6.88. The minimum absolute atomic E-state index is 0.0700. The summed E-state index contributed by atoms with van der Waals surface area (Å²) in [5.74, 6) is -5.53. The SMILES string of the molecule is O=C(Nn1ccnn1)c1ccc(C(F)=CC(c2cc(Cl)c(Cl)c(Cl)c2)C(F)(F)F)cc1C(F)(F)F. The molecular formula is C20H10Cl3F7N4O. The number of aromatic nitrogens is 3. The van der Waals surface area contributed by atoms with E-state index < -0.39 is 52.3 Å². The highest BCUT2D eigenvalue weighted by Gasteiger charge is 2.41. The smallest absolute Gasteiger partial charge is 0.267 e. The molecule has 1 amide bonds. The average Bonchev–Trinajstić information content (AvgIpc) is 3.26. The summed E-state index contributed by atoms with van der Waals surface area (Å²) in [6.45, 7) is 0. The van der Waals surface area contributed by atoms with Crippen LogP contribution in [-0.4, -0.2) is 27.2 Å². The van der Waals surface area contributed by atoms with Gasteiger partial charge in [-0.1, -0.05) is 40.9 Å². The molecule has 0 saturated carbocycles. The van der Waals surface area contributed by atoms with Gasteiger partial charge in [0.25, 0.3) is 5.91 Å². The summed E-state index contributed by atoms with van der Waals surface area (Å²) < 4.78 is 96.7. The molecule has 1 unspecified atom stereocenters. The number of halogens is 10. The molecule has 1 atom stereocenters. The molecule has 0 aliphatic heterocycles. The summed E-state index contributed by atoms with van der Waals surface area (Å²) in [4.78, 5) is 13.0. The Morgan fingerprint density at radius 2 is 1.66 bits per heavy atom. The number of hydrogen-bond acceptors (Lipinski definition) is 3. The van der Waals surface area contributed by atoms with Crippen molar-refractivity contribution >= 4 is 46.5 Å². The highest BCUT2D eigenvalue weighted by molar-refractivity contribution is 6.48. The average molecular weight is 562 g/mol. The molecule has 1 heterocycles. The summed E-state index contributed by atoms with van der Waals surface area (Å²) in [5.41, 5.74) is -1.95. The Kier molecular flexibility index (Phi) is 7.68. The van der Waals surface area contributed by atoms with Gasteiger partial charge in [-0.2, -0.15) is 31.1 Å². The minimum Gasteiger partial charge on any atom is -0.267 e. The molecule has 0 aliphatic rings. The molecule has 0 saturated heterocycles. The number of carbonyl (C=O) groups excluding carboxylic acids is 1. The number of nitrogens with zero attached hydrogens (tertiary/aromatic N) is 3. The zero-order valence-corrected chi connectivity index (χ0v) is 19.0. The van der Waals surface area contributed by atoms with E-state index >= 15 is 0 Å². The molecule has 0 fully saturated rings. The Labute approximate surface area is 207 Å². The van der Waals surface area contributed by atoms with E-state index in [-0.39, 0.29) is 27.2 Å². The molecule has 1 N–H and O–H groups in total. The molecule has 186 valence electrons. The van der Waals surface area contributed by atoms with E-state index in [1.54, 1.807) is 0 Å². The van der Waals surface area contributed by atoms with Gasteiger partial charge in [-0.3, -0.25) is 4.79 Å². The molecule has 0 radical (unpaired) electrons. The number of amides is 1. The van der Waals surface area contributed by atoms with E-state index in [0.717, 1.165) is 35.4 Å². The lowest BCUT2D eigenvalue weighted by atomic mass is 9.95. The molecule has 0 spiro atoms. The number of allylic oxidation sites excluding steroid dienone is 1. The van der Waals surface area contributed by atoms with Crippen LogP contribution in [0.25, 0.3) is 5.83 Å². The Balaban J connectivity index is 2.05. The van der Waals surface area contributed by atoms with Gasteiger partial charge >= 0.3 is 12.4 Å². The zero-order chi connectivity index (χ0) is 26.1. The Hall–Kier alpha value is -2.83. The second-order valence-corrected chi connectivity index (χ2v) is 8.07. The molecular weight excluding hydrogens is 552 g/mol. The standard InChI is InChI=1S/C20H10Cl3F7N4O/c21-14-6-10(7-15(22)17(14)23)12(19(25,26)27)8-16(24)9-1-2-11(13(5-9)20(28,29)30)18(35)32-34-4-3-31-33-34/h1-8,12H,(H,32,35). The topological polar surface area (TPSA) is 59.8 Å². The van der Waals surface area contributed by atoms with Crippen molar-refractivity contribution in [3.63, 3.8) is 0 Å². The molecule has 15 heteroatoms. The number of benzene rings is 2. The van der Waals surface area contributed by atoms with Crippen LogP contribution in [0.3, 0.4) is 0 Å². The second kappa shape index (κ2) is 10.0. The lowest BCUT2D eigenvalue weighted by Gasteiger charge is -2.19. The van der Waals surface area contributed by atoms with Crippen LogP contribution in [0.2, 0.25) is 15.1 Å². The summed E-state index contributed by atoms with van der Waals surface area (Å²) >= 11 is 17.3. The summed E-state index contributed by atoms with van der Waals surface area (Å²) in [5, 5.41) is 5.85. The molecule has 0 aliphatic carbocycles. The Morgan fingerprint density at radius 1 is 1.03 bits per heavy atom. The van der Waals surface area contributed by atoms with Gasteiger partial charge < -0.3 is 0 Å². The van der Waals surface area contributed by atoms with Crippen molar-refractivity contribution in [2.24, 2.45) is 0 Å². The molecule has 3 aromatic rings. The first-order chi connectivity index (χ1) is 16.2. The molecule has 3 rings (SSSR count). The minimum atomic E-state index is -5.15. The molecule has 2 aromatic carbocycles. The van der Waals surface area contributed by atoms with Crippen molar-refractivity contribution in [1.29, 1.82) is 0 Å². The molecule has 5 nitrogen and oxygen atoms in total. The maximum Gasteiger partial charge on any atom is 0.417 e. The fourth-order valence-corrected chi connectivity index (χ4v) is 3.55. The Morgan fingerprint density at radius 3 is 2.17 bits per heavy atom. The van der Waals surface area contributed by atoms with E-state index in [9.17, 15) is 35.5 Å². The number of nitrogens with one attached hydrogen (secondary N) is 1. The Bertz CT molecular complexity index is 1250. The monoisotopic (exact) mass is 560 g/mol. The highest BCUT2D eigenvalue weighted by atomic mass is 35.5. The van der Waals surface area contributed by atoms with E-state index in [2.05, 4.69) is 10.3 Å². The fraction of sp³-hybridized carbons (Fsp3) is 0.150. The third-order valence-electron chi connectivity index (χ3n) is 4.51. The van der Waals surface area contributed by atoms with Crippen LogP contribution in [0.15, 0.2) is 48.8 Å². The van der Waals surface area contributed by atoms with Crippen LogP contribution in [0.4, 0.5) is 30.7 Å². The van der Waals surface area contributed by atoms with Gasteiger partial charge in [-0.25, -0.2) is 9.82 Å². The first-order valence-corrected chi connectivity index (χ1v) is 10.3. The highest BCUT2D eigenvalue weighted by Crippen LogP contribution is 2.42. The first-order valence-electron chi connectivity index (χ1n) is 9.16. The van der Waals surface area contributed by atoms with Crippen molar-refractivity contribution in [2.75, 3.05) is 5.43 Å². The van der Waals surface area contributed by atoms with Crippen LogP contribution < -0.4 is 5.43 Å². The third-order valence-corrected chi connectivity index (χ3v) is 5.71. The molecule has 1 aromatic heterocycles. The van der Waals surface area contributed by atoms with Gasteiger partial charge in [0.2, 0.25) is 0 Å². The number of hydrogen-bond donors (Lipinski definition) is 1. The van der Waals surface area contributed by atoms with Gasteiger partial charge in [0.15, 0.2) is 0 Å². The van der Waals surface area contributed by atoms with E-state index in [1.165, 1.54) is 0 Å². The van der Waals surface area contributed by atoms with Gasteiger partial charge in [0.05, 0.1) is 38.6 Å². The van der Waals surface area contributed by atoms with Crippen molar-refractivity contribution in [2.45, 2.75) is 18.3 Å². The van der Waals surface area contributed by atoms with Crippen LogP contribution in [-0.2, 0) is 6.18 Å². The predicted molar refractivity (Wildman–Crippen MR) is 115 cm³/mol. The van der Waals surface area contributed by atoms with Gasteiger partial charge in [0.1, 0.15) is 11.7 Å². The molecule has 35 heavy (non-hydrogen) atoms. The molecule has 0 bridgehead atoms. The van der Waals surface area contributed by atoms with E-state index in [0.29, 0.717) is 6.07 Å². The van der Waals surface area contributed by atoms with Gasteiger partial charge in [-0.05, 0) is 41.1 Å². The van der Waals surface area contributed by atoms with E-state index in [1.807, 2.05) is 5.43 Å². The van der Waals surface area contributed by atoms with Crippen molar-refractivity contribution in [3.8, 4) is 0 Å². The number of rotatable bonds is 5. The normalized spacial score (nSPS) is 13.6. The van der Waals surface area contributed by atoms with Gasteiger partial charge in [-0.15, -0.1) is 5.10 Å². The van der Waals surface area contributed by atoms with Crippen molar-refractivity contribution in [1.82, 2.24) is 15.1 Å². The maximum absolute atomic E-state index is 14.9.